The Morgan fingerprint density at radius 2 is 2.00 bits per heavy atom. The molecule has 112 valence electrons. The first-order valence-electron chi connectivity index (χ1n) is 7.43. The number of nitrogens with two attached hydrogens (primary N) is 1. The van der Waals surface area contributed by atoms with Crippen molar-refractivity contribution in [3.05, 3.63) is 35.9 Å². The zero-order valence-corrected chi connectivity index (χ0v) is 12.6. The molecule has 0 aromatic heterocycles. The third-order valence-electron chi connectivity index (χ3n) is 4.30. The fourth-order valence-electron chi connectivity index (χ4n) is 3.02. The molecule has 0 aliphatic carbocycles. The minimum Gasteiger partial charge on any atom is -0.394 e. The van der Waals surface area contributed by atoms with Crippen molar-refractivity contribution < 1.29 is 5.11 Å². The molecule has 1 aliphatic rings. The molecule has 1 fully saturated rings. The van der Waals surface area contributed by atoms with Crippen molar-refractivity contribution in [1.29, 1.82) is 0 Å². The molecule has 2 rings (SSSR count). The molecule has 2 atom stereocenters. The van der Waals surface area contributed by atoms with E-state index in [2.05, 4.69) is 23.8 Å². The zero-order valence-electron chi connectivity index (χ0n) is 12.6. The second kappa shape index (κ2) is 6.68. The Kier molecular flexibility index (Phi) is 5.16. The van der Waals surface area contributed by atoms with Gasteiger partial charge < -0.3 is 15.7 Å². The van der Waals surface area contributed by atoms with Crippen LogP contribution >= 0.6 is 0 Å². The fourth-order valence-corrected chi connectivity index (χ4v) is 3.02. The highest BCUT2D eigenvalue weighted by Crippen LogP contribution is 2.21. The summed E-state index contributed by atoms with van der Waals surface area (Å²) in [5.41, 5.74) is 6.82. The molecule has 0 radical (unpaired) electrons. The van der Waals surface area contributed by atoms with Crippen molar-refractivity contribution in [2.24, 2.45) is 5.73 Å². The van der Waals surface area contributed by atoms with E-state index in [9.17, 15) is 5.11 Å². The van der Waals surface area contributed by atoms with Crippen LogP contribution in [0.2, 0.25) is 0 Å². The van der Waals surface area contributed by atoms with Crippen molar-refractivity contribution in [1.82, 2.24) is 9.80 Å². The minimum absolute atomic E-state index is 0.0317. The second-order valence-corrected chi connectivity index (χ2v) is 6.12. The van der Waals surface area contributed by atoms with Gasteiger partial charge in [-0.25, -0.2) is 0 Å². The molecule has 1 saturated heterocycles. The predicted molar refractivity (Wildman–Crippen MR) is 82.5 cm³/mol. The molecule has 3 N–H and O–H groups in total. The maximum Gasteiger partial charge on any atom is 0.0773 e. The predicted octanol–water partition coefficient (Wildman–Crippen LogP) is 0.859. The number of aliphatic hydroxyl groups is 1. The van der Waals surface area contributed by atoms with Gasteiger partial charge in [-0.05, 0) is 39.0 Å². The lowest BCUT2D eigenvalue weighted by molar-refractivity contribution is 0.112. The molecule has 0 spiro atoms. The number of nitrogens with zero attached hydrogens (tertiary/aromatic N) is 2. The zero-order chi connectivity index (χ0) is 14.6. The van der Waals surface area contributed by atoms with Crippen LogP contribution in [0.4, 0.5) is 0 Å². The van der Waals surface area contributed by atoms with Crippen molar-refractivity contribution in [2.75, 3.05) is 39.8 Å². The molecule has 20 heavy (non-hydrogen) atoms. The molecular weight excluding hydrogens is 250 g/mol. The summed E-state index contributed by atoms with van der Waals surface area (Å²) >= 11 is 0. The lowest BCUT2D eigenvalue weighted by Crippen LogP contribution is -2.53. The average Bonchev–Trinajstić information content (AvgIpc) is 2.61. The summed E-state index contributed by atoms with van der Waals surface area (Å²) in [5.74, 6) is 0. The van der Waals surface area contributed by atoms with Gasteiger partial charge >= 0.3 is 0 Å². The first kappa shape index (κ1) is 15.4. The van der Waals surface area contributed by atoms with Crippen molar-refractivity contribution in [2.45, 2.75) is 24.9 Å². The maximum atomic E-state index is 9.82. The van der Waals surface area contributed by atoms with Crippen LogP contribution in [-0.4, -0.2) is 60.8 Å². The molecule has 0 saturated carbocycles. The largest absolute Gasteiger partial charge is 0.394 e. The van der Waals surface area contributed by atoms with Crippen LogP contribution in [0.25, 0.3) is 0 Å². The van der Waals surface area contributed by atoms with Crippen molar-refractivity contribution >= 4 is 0 Å². The highest BCUT2D eigenvalue weighted by atomic mass is 16.3. The van der Waals surface area contributed by atoms with E-state index in [4.69, 9.17) is 5.73 Å². The Balaban J connectivity index is 2.13. The highest BCUT2D eigenvalue weighted by molar-refractivity contribution is 5.24. The Morgan fingerprint density at radius 1 is 1.30 bits per heavy atom. The average molecular weight is 277 g/mol. The number of aliphatic hydroxyl groups excluding tert-OH is 1. The molecular formula is C16H27N3O. The third kappa shape index (κ3) is 3.58. The maximum absolute atomic E-state index is 9.82. The topological polar surface area (TPSA) is 52.7 Å². The van der Waals surface area contributed by atoms with E-state index in [0.717, 1.165) is 31.6 Å². The minimum atomic E-state index is -0.682. The van der Waals surface area contributed by atoms with E-state index in [0.29, 0.717) is 12.6 Å². The van der Waals surface area contributed by atoms with Gasteiger partial charge in [0, 0.05) is 19.1 Å². The van der Waals surface area contributed by atoms with Gasteiger partial charge in [0.05, 0.1) is 12.1 Å². The number of hydrogen-bond donors (Lipinski definition) is 2. The van der Waals surface area contributed by atoms with Crippen molar-refractivity contribution in [3.63, 3.8) is 0 Å². The molecule has 4 nitrogen and oxygen atoms in total. The summed E-state index contributed by atoms with van der Waals surface area (Å²) in [7, 11) is 2.17. The SMILES string of the molecule is CC1CN(C)CCCN1CC(N)(CO)c1ccccc1. The van der Waals surface area contributed by atoms with Crippen LogP contribution in [0.3, 0.4) is 0 Å². The van der Waals surface area contributed by atoms with E-state index in [1.165, 1.54) is 0 Å². The lowest BCUT2D eigenvalue weighted by atomic mass is 9.90. The molecule has 1 aliphatic heterocycles. The quantitative estimate of drug-likeness (QED) is 0.857. The summed E-state index contributed by atoms with van der Waals surface area (Å²) in [4.78, 5) is 4.77. The van der Waals surface area contributed by atoms with Gasteiger partial charge in [0.2, 0.25) is 0 Å². The van der Waals surface area contributed by atoms with E-state index in [-0.39, 0.29) is 6.61 Å². The van der Waals surface area contributed by atoms with Crippen LogP contribution in [0.5, 0.6) is 0 Å². The molecule has 0 amide bonds. The van der Waals surface area contributed by atoms with E-state index in [1.807, 2.05) is 30.3 Å². The molecule has 1 aromatic rings. The number of benzene rings is 1. The number of hydrogen-bond acceptors (Lipinski definition) is 4. The monoisotopic (exact) mass is 277 g/mol. The first-order valence-corrected chi connectivity index (χ1v) is 7.43. The Hall–Kier alpha value is -0.940. The van der Waals surface area contributed by atoms with Gasteiger partial charge in [-0.3, -0.25) is 4.90 Å². The van der Waals surface area contributed by atoms with Crippen LogP contribution in [0, 0.1) is 0 Å². The van der Waals surface area contributed by atoms with Gasteiger partial charge in [0.1, 0.15) is 0 Å². The van der Waals surface area contributed by atoms with Crippen LogP contribution in [0.15, 0.2) is 30.3 Å². The van der Waals surface area contributed by atoms with Crippen molar-refractivity contribution in [3.8, 4) is 0 Å². The first-order chi connectivity index (χ1) is 9.55. The number of likely N-dealkylation sites (N-methyl/N-ethyl adjacent to an activating group) is 1. The standard InChI is InChI=1S/C16H27N3O/c1-14-11-18(2)9-6-10-19(14)12-16(17,13-20)15-7-4-3-5-8-15/h3-5,7-8,14,20H,6,9-13,17H2,1-2H3. The molecule has 4 heteroatoms. The van der Waals surface area contributed by atoms with Crippen LogP contribution in [-0.2, 0) is 5.54 Å². The molecule has 2 unspecified atom stereocenters. The molecule has 1 aromatic carbocycles. The highest BCUT2D eigenvalue weighted by Gasteiger charge is 2.31. The van der Waals surface area contributed by atoms with Crippen LogP contribution < -0.4 is 5.73 Å². The Labute approximate surface area is 122 Å². The van der Waals surface area contributed by atoms with Gasteiger partial charge in [-0.15, -0.1) is 0 Å². The summed E-state index contributed by atoms with van der Waals surface area (Å²) < 4.78 is 0. The van der Waals surface area contributed by atoms with E-state index < -0.39 is 5.54 Å². The fraction of sp³-hybridized carbons (Fsp3) is 0.625. The summed E-state index contributed by atoms with van der Waals surface area (Å²) in [5, 5.41) is 9.82. The lowest BCUT2D eigenvalue weighted by Gasteiger charge is -2.37. The number of rotatable bonds is 4. The van der Waals surface area contributed by atoms with E-state index >= 15 is 0 Å². The van der Waals surface area contributed by atoms with Gasteiger partial charge in [-0.2, -0.15) is 0 Å². The molecule has 0 bridgehead atoms. The van der Waals surface area contributed by atoms with Gasteiger partial charge in [-0.1, -0.05) is 30.3 Å². The normalized spacial score (nSPS) is 25.1. The summed E-state index contributed by atoms with van der Waals surface area (Å²) in [6.45, 7) is 6.12. The van der Waals surface area contributed by atoms with E-state index in [1.54, 1.807) is 0 Å². The Bertz CT molecular complexity index is 411. The summed E-state index contributed by atoms with van der Waals surface area (Å²) in [6, 6.07) is 10.4. The smallest absolute Gasteiger partial charge is 0.0773 e. The van der Waals surface area contributed by atoms with Gasteiger partial charge in [0.25, 0.3) is 0 Å². The third-order valence-corrected chi connectivity index (χ3v) is 4.30. The second-order valence-electron chi connectivity index (χ2n) is 6.12. The van der Waals surface area contributed by atoms with Gasteiger partial charge in [0.15, 0.2) is 0 Å². The Morgan fingerprint density at radius 3 is 2.65 bits per heavy atom. The molecule has 1 heterocycles. The van der Waals surface area contributed by atoms with Crippen LogP contribution in [0.1, 0.15) is 18.9 Å². The summed E-state index contributed by atoms with van der Waals surface area (Å²) in [6.07, 6.45) is 1.15.